The standard InChI is InChI=1S/C29H31ClN2O2/c1-29(2,30)27(33)24-13-16-26-23(20-24)10-7-19-32(26)28(22-11-14-25(34-3)15-12-22)31-18-17-21-8-5-4-6-9-21/h4-6,8-9,11-16,20H,7,10,17-19H2,1-3H3/b31-28-. The molecule has 1 aliphatic rings. The summed E-state index contributed by atoms with van der Waals surface area (Å²) in [5.41, 5.74) is 5.23. The molecule has 0 atom stereocenters. The van der Waals surface area contributed by atoms with Crippen LogP contribution in [0.1, 0.15) is 47.3 Å². The summed E-state index contributed by atoms with van der Waals surface area (Å²) in [6.45, 7) is 5.04. The minimum Gasteiger partial charge on any atom is -0.497 e. The number of rotatable bonds is 7. The summed E-state index contributed by atoms with van der Waals surface area (Å²) in [5.74, 6) is 1.70. The number of ether oxygens (including phenoxy) is 1. The molecule has 5 heteroatoms. The summed E-state index contributed by atoms with van der Waals surface area (Å²) in [4.78, 5) is 19.2. The van der Waals surface area contributed by atoms with Crippen LogP contribution < -0.4 is 9.64 Å². The summed E-state index contributed by atoms with van der Waals surface area (Å²) in [5, 5.41) is 0. The van der Waals surface area contributed by atoms with Gasteiger partial charge in [0, 0.05) is 29.9 Å². The fourth-order valence-corrected chi connectivity index (χ4v) is 4.42. The van der Waals surface area contributed by atoms with Gasteiger partial charge < -0.3 is 9.64 Å². The van der Waals surface area contributed by atoms with Gasteiger partial charge in [-0.1, -0.05) is 30.3 Å². The number of ketones is 1. The van der Waals surface area contributed by atoms with E-state index in [1.54, 1.807) is 21.0 Å². The molecule has 0 spiro atoms. The van der Waals surface area contributed by atoms with Crippen molar-refractivity contribution in [2.45, 2.75) is 38.0 Å². The van der Waals surface area contributed by atoms with Crippen LogP contribution in [-0.2, 0) is 12.8 Å². The fraction of sp³-hybridized carbons (Fsp3) is 0.310. The third-order valence-electron chi connectivity index (χ3n) is 6.11. The number of hydrogen-bond donors (Lipinski definition) is 0. The maximum atomic E-state index is 12.7. The molecule has 34 heavy (non-hydrogen) atoms. The summed E-state index contributed by atoms with van der Waals surface area (Å²) < 4.78 is 5.36. The minimum absolute atomic E-state index is 0.0546. The summed E-state index contributed by atoms with van der Waals surface area (Å²) in [6, 6.07) is 24.4. The molecule has 0 aromatic heterocycles. The van der Waals surface area contributed by atoms with Crippen LogP contribution in [0.4, 0.5) is 5.69 Å². The molecular formula is C29H31ClN2O2. The predicted octanol–water partition coefficient (Wildman–Crippen LogP) is 6.34. The van der Waals surface area contributed by atoms with E-state index in [9.17, 15) is 4.79 Å². The molecule has 0 aliphatic carbocycles. The SMILES string of the molecule is COc1ccc(/C(=N/CCc2ccccc2)N2CCCc3cc(C(=O)C(C)(C)Cl)ccc32)cc1. The third-order valence-corrected chi connectivity index (χ3v) is 6.28. The van der Waals surface area contributed by atoms with Crippen molar-refractivity contribution in [3.63, 3.8) is 0 Å². The van der Waals surface area contributed by atoms with Gasteiger partial charge in [-0.15, -0.1) is 11.6 Å². The van der Waals surface area contributed by atoms with Crippen LogP contribution in [0.3, 0.4) is 0 Å². The second-order valence-corrected chi connectivity index (χ2v) is 10.0. The van der Waals surface area contributed by atoms with E-state index in [2.05, 4.69) is 41.3 Å². The number of methoxy groups -OCH3 is 1. The van der Waals surface area contributed by atoms with Crippen LogP contribution in [-0.4, -0.2) is 36.7 Å². The number of alkyl halides is 1. The van der Waals surface area contributed by atoms with Gasteiger partial charge in [0.1, 0.15) is 16.5 Å². The first-order valence-corrected chi connectivity index (χ1v) is 12.1. The minimum atomic E-state index is -0.921. The van der Waals surface area contributed by atoms with E-state index < -0.39 is 4.87 Å². The number of anilines is 1. The Hall–Kier alpha value is -3.11. The quantitative estimate of drug-likeness (QED) is 0.174. The number of amidine groups is 1. The van der Waals surface area contributed by atoms with Gasteiger partial charge in [-0.25, -0.2) is 0 Å². The highest BCUT2D eigenvalue weighted by Crippen LogP contribution is 2.32. The van der Waals surface area contributed by atoms with E-state index in [1.807, 2.05) is 36.4 Å². The summed E-state index contributed by atoms with van der Waals surface area (Å²) in [7, 11) is 1.67. The smallest absolute Gasteiger partial charge is 0.183 e. The van der Waals surface area contributed by atoms with Gasteiger partial charge in [0.25, 0.3) is 0 Å². The van der Waals surface area contributed by atoms with Crippen molar-refractivity contribution in [3.05, 3.63) is 95.1 Å². The van der Waals surface area contributed by atoms with Gasteiger partial charge in [-0.05, 0) is 86.7 Å². The van der Waals surface area contributed by atoms with Crippen LogP contribution in [0.2, 0.25) is 0 Å². The van der Waals surface area contributed by atoms with Crippen molar-refractivity contribution in [2.24, 2.45) is 4.99 Å². The molecule has 0 amide bonds. The molecule has 0 radical (unpaired) electrons. The lowest BCUT2D eigenvalue weighted by Gasteiger charge is -2.33. The van der Waals surface area contributed by atoms with E-state index >= 15 is 0 Å². The number of aryl methyl sites for hydroxylation is 1. The van der Waals surface area contributed by atoms with E-state index in [1.165, 1.54) is 5.56 Å². The number of carbonyl (C=O) groups excluding carboxylic acids is 1. The largest absolute Gasteiger partial charge is 0.497 e. The molecule has 3 aromatic carbocycles. The number of aliphatic imine (C=N–C) groups is 1. The van der Waals surface area contributed by atoms with Crippen LogP contribution in [0.5, 0.6) is 5.75 Å². The Labute approximate surface area is 207 Å². The second kappa shape index (κ2) is 10.4. The maximum Gasteiger partial charge on any atom is 0.183 e. The molecule has 0 N–H and O–H groups in total. The molecule has 0 unspecified atom stereocenters. The molecular weight excluding hydrogens is 444 g/mol. The molecule has 4 rings (SSSR count). The van der Waals surface area contributed by atoms with Crippen LogP contribution in [0.15, 0.2) is 77.8 Å². The molecule has 0 saturated heterocycles. The van der Waals surface area contributed by atoms with Gasteiger partial charge in [0.05, 0.1) is 7.11 Å². The fourth-order valence-electron chi connectivity index (χ4n) is 4.31. The zero-order chi connectivity index (χ0) is 24.1. The van der Waals surface area contributed by atoms with Gasteiger partial charge in [0.15, 0.2) is 5.78 Å². The summed E-state index contributed by atoms with van der Waals surface area (Å²) >= 11 is 6.30. The van der Waals surface area contributed by atoms with Crippen molar-refractivity contribution < 1.29 is 9.53 Å². The lowest BCUT2D eigenvalue weighted by atomic mass is 9.93. The highest BCUT2D eigenvalue weighted by Gasteiger charge is 2.28. The van der Waals surface area contributed by atoms with Crippen molar-refractivity contribution in [2.75, 3.05) is 25.1 Å². The van der Waals surface area contributed by atoms with E-state index in [0.29, 0.717) is 12.1 Å². The van der Waals surface area contributed by atoms with Crippen molar-refractivity contribution in [3.8, 4) is 5.75 Å². The van der Waals surface area contributed by atoms with Crippen molar-refractivity contribution >= 4 is 28.9 Å². The molecule has 0 bridgehead atoms. The van der Waals surface area contributed by atoms with Gasteiger partial charge in [-0.3, -0.25) is 9.79 Å². The average Bonchev–Trinajstić information content (AvgIpc) is 2.86. The Kier molecular flexibility index (Phi) is 7.38. The average molecular weight is 475 g/mol. The highest BCUT2D eigenvalue weighted by atomic mass is 35.5. The number of carbonyl (C=O) groups is 1. The van der Waals surface area contributed by atoms with Crippen molar-refractivity contribution in [1.82, 2.24) is 0 Å². The normalized spacial score (nSPS) is 14.0. The van der Waals surface area contributed by atoms with Crippen LogP contribution in [0, 0.1) is 0 Å². The van der Waals surface area contributed by atoms with E-state index in [-0.39, 0.29) is 5.78 Å². The van der Waals surface area contributed by atoms with Crippen LogP contribution >= 0.6 is 11.6 Å². The van der Waals surface area contributed by atoms with E-state index in [0.717, 1.165) is 54.2 Å². The lowest BCUT2D eigenvalue weighted by molar-refractivity contribution is 0.0954. The number of fused-ring (bicyclic) bond motifs is 1. The molecule has 176 valence electrons. The highest BCUT2D eigenvalue weighted by molar-refractivity contribution is 6.37. The Bertz CT molecular complexity index is 1160. The monoisotopic (exact) mass is 474 g/mol. The second-order valence-electron chi connectivity index (χ2n) is 9.07. The first-order chi connectivity index (χ1) is 16.4. The third kappa shape index (κ3) is 5.51. The number of Topliss-reactive ketones (excluding diaryl/α,β-unsaturated/α-hetero) is 1. The van der Waals surface area contributed by atoms with Crippen molar-refractivity contribution in [1.29, 1.82) is 0 Å². The molecule has 0 saturated carbocycles. The predicted molar refractivity (Wildman–Crippen MR) is 141 cm³/mol. The molecule has 1 aliphatic heterocycles. The molecule has 1 heterocycles. The lowest BCUT2D eigenvalue weighted by Crippen LogP contribution is -2.36. The number of halogens is 1. The van der Waals surface area contributed by atoms with E-state index in [4.69, 9.17) is 21.3 Å². The zero-order valence-corrected chi connectivity index (χ0v) is 20.8. The van der Waals surface area contributed by atoms with Gasteiger partial charge in [0.2, 0.25) is 0 Å². The van der Waals surface area contributed by atoms with Gasteiger partial charge in [-0.2, -0.15) is 0 Å². The molecule has 0 fully saturated rings. The van der Waals surface area contributed by atoms with Gasteiger partial charge >= 0.3 is 0 Å². The Morgan fingerprint density at radius 3 is 2.41 bits per heavy atom. The Morgan fingerprint density at radius 2 is 1.74 bits per heavy atom. The first kappa shape index (κ1) is 24.0. The maximum absolute atomic E-state index is 12.7. The van der Waals surface area contributed by atoms with Crippen LogP contribution in [0.25, 0.3) is 0 Å². The number of benzene rings is 3. The zero-order valence-electron chi connectivity index (χ0n) is 20.1. The number of nitrogens with zero attached hydrogens (tertiary/aromatic N) is 2. The molecule has 4 nitrogen and oxygen atoms in total. The Morgan fingerprint density at radius 1 is 1.03 bits per heavy atom. The topological polar surface area (TPSA) is 41.9 Å². The molecule has 3 aromatic rings. The first-order valence-electron chi connectivity index (χ1n) is 11.7. The number of hydrogen-bond acceptors (Lipinski definition) is 3. The summed E-state index contributed by atoms with van der Waals surface area (Å²) in [6.07, 6.45) is 2.79. The Balaban J connectivity index is 1.68.